The Kier molecular flexibility index (Phi) is 3.47. The molecule has 2 rings (SSSR count). The van der Waals surface area contributed by atoms with Crippen molar-refractivity contribution >= 4 is 11.4 Å². The number of nitrogens with two attached hydrogens (primary N) is 1. The van der Waals surface area contributed by atoms with Gasteiger partial charge in [-0.2, -0.15) is 5.26 Å². The number of hydrogen-bond acceptors (Lipinski definition) is 3. The first-order chi connectivity index (χ1) is 8.52. The van der Waals surface area contributed by atoms with Crippen LogP contribution in [0.3, 0.4) is 0 Å². The molecule has 0 atom stereocenters. The molecule has 0 amide bonds. The number of benzene rings is 1. The minimum Gasteiger partial charge on any atom is -0.398 e. The number of hydrogen-bond donors (Lipinski definition) is 1. The van der Waals surface area contributed by atoms with Gasteiger partial charge in [0.15, 0.2) is 0 Å². The lowest BCUT2D eigenvalue weighted by atomic mass is 9.85. The third-order valence-electron chi connectivity index (χ3n) is 3.86. The molecule has 0 aromatic heterocycles. The zero-order valence-electron chi connectivity index (χ0n) is 11.2. The first kappa shape index (κ1) is 12.8. The lowest BCUT2D eigenvalue weighted by molar-refractivity contribution is 0.325. The van der Waals surface area contributed by atoms with E-state index < -0.39 is 0 Å². The lowest BCUT2D eigenvalue weighted by Gasteiger charge is -2.25. The van der Waals surface area contributed by atoms with Crippen LogP contribution in [0.5, 0.6) is 0 Å². The molecule has 18 heavy (non-hydrogen) atoms. The first-order valence-electron chi connectivity index (χ1n) is 6.56. The van der Waals surface area contributed by atoms with Crippen molar-refractivity contribution in [3.8, 4) is 6.07 Å². The predicted molar refractivity (Wildman–Crippen MR) is 75.4 cm³/mol. The van der Waals surface area contributed by atoms with Crippen LogP contribution >= 0.6 is 0 Å². The van der Waals surface area contributed by atoms with Crippen molar-refractivity contribution in [3.63, 3.8) is 0 Å². The quantitative estimate of drug-likeness (QED) is 0.771. The average molecular weight is 243 g/mol. The van der Waals surface area contributed by atoms with Crippen LogP contribution in [0.4, 0.5) is 11.4 Å². The van der Waals surface area contributed by atoms with E-state index in [1.807, 2.05) is 18.2 Å². The fraction of sp³-hybridized carbons (Fsp3) is 0.533. The molecule has 1 heterocycles. The summed E-state index contributed by atoms with van der Waals surface area (Å²) in [6.45, 7) is 6.82. The SMILES string of the molecule is CC1(C)CCCN(c2ccc(C#N)c(N)c2)CC1. The topological polar surface area (TPSA) is 53.0 Å². The number of nitrogen functional groups attached to an aromatic ring is 1. The Labute approximate surface area is 109 Å². The summed E-state index contributed by atoms with van der Waals surface area (Å²) in [5, 5.41) is 8.89. The highest BCUT2D eigenvalue weighted by Crippen LogP contribution is 2.32. The summed E-state index contributed by atoms with van der Waals surface area (Å²) in [7, 11) is 0. The molecule has 0 bridgehead atoms. The first-order valence-corrected chi connectivity index (χ1v) is 6.56. The summed E-state index contributed by atoms with van der Waals surface area (Å²) < 4.78 is 0. The van der Waals surface area contributed by atoms with Crippen LogP contribution in [0.25, 0.3) is 0 Å². The number of nitrogens with zero attached hydrogens (tertiary/aromatic N) is 2. The van der Waals surface area contributed by atoms with Gasteiger partial charge in [0.1, 0.15) is 6.07 Å². The highest BCUT2D eigenvalue weighted by Gasteiger charge is 2.23. The molecule has 0 unspecified atom stereocenters. The van der Waals surface area contributed by atoms with Gasteiger partial charge in [-0.15, -0.1) is 0 Å². The molecule has 3 heteroatoms. The van der Waals surface area contributed by atoms with Gasteiger partial charge in [0.25, 0.3) is 0 Å². The van der Waals surface area contributed by atoms with E-state index in [1.54, 1.807) is 0 Å². The second kappa shape index (κ2) is 4.89. The van der Waals surface area contributed by atoms with Crippen LogP contribution in [0.15, 0.2) is 18.2 Å². The van der Waals surface area contributed by atoms with Gasteiger partial charge in [-0.3, -0.25) is 0 Å². The summed E-state index contributed by atoms with van der Waals surface area (Å²) in [6, 6.07) is 7.86. The zero-order valence-corrected chi connectivity index (χ0v) is 11.2. The summed E-state index contributed by atoms with van der Waals surface area (Å²) >= 11 is 0. The van der Waals surface area contributed by atoms with Crippen LogP contribution < -0.4 is 10.6 Å². The lowest BCUT2D eigenvalue weighted by Crippen LogP contribution is -2.25. The smallest absolute Gasteiger partial charge is 0.101 e. The van der Waals surface area contributed by atoms with Gasteiger partial charge in [0.2, 0.25) is 0 Å². The maximum atomic E-state index is 8.89. The van der Waals surface area contributed by atoms with E-state index in [4.69, 9.17) is 11.0 Å². The van der Waals surface area contributed by atoms with Crippen LogP contribution in [0.2, 0.25) is 0 Å². The molecule has 0 spiro atoms. The van der Waals surface area contributed by atoms with Gasteiger partial charge in [0, 0.05) is 18.8 Å². The number of rotatable bonds is 1. The van der Waals surface area contributed by atoms with Crippen LogP contribution in [-0.4, -0.2) is 13.1 Å². The van der Waals surface area contributed by atoms with Gasteiger partial charge in [-0.05, 0) is 42.9 Å². The molecule has 0 radical (unpaired) electrons. The minimum absolute atomic E-state index is 0.437. The summed E-state index contributed by atoms with van der Waals surface area (Å²) in [5.74, 6) is 0. The third-order valence-corrected chi connectivity index (χ3v) is 3.86. The van der Waals surface area contributed by atoms with E-state index in [9.17, 15) is 0 Å². The predicted octanol–water partition coefficient (Wildman–Crippen LogP) is 3.16. The second-order valence-electron chi connectivity index (χ2n) is 5.89. The van der Waals surface area contributed by atoms with E-state index in [1.165, 1.54) is 19.3 Å². The largest absolute Gasteiger partial charge is 0.398 e. The van der Waals surface area contributed by atoms with Crippen LogP contribution in [-0.2, 0) is 0 Å². The van der Waals surface area contributed by atoms with Crippen molar-refractivity contribution in [2.45, 2.75) is 33.1 Å². The second-order valence-corrected chi connectivity index (χ2v) is 5.89. The minimum atomic E-state index is 0.437. The van der Waals surface area contributed by atoms with Gasteiger partial charge in [-0.1, -0.05) is 13.8 Å². The van der Waals surface area contributed by atoms with Crippen molar-refractivity contribution < 1.29 is 0 Å². The molecule has 1 aromatic rings. The van der Waals surface area contributed by atoms with E-state index in [0.29, 0.717) is 16.7 Å². The molecule has 1 aliphatic heterocycles. The molecule has 1 fully saturated rings. The maximum Gasteiger partial charge on any atom is 0.101 e. The molecule has 96 valence electrons. The zero-order chi connectivity index (χ0) is 13.2. The van der Waals surface area contributed by atoms with E-state index >= 15 is 0 Å². The standard InChI is InChI=1S/C15H21N3/c1-15(2)6-3-8-18(9-7-15)13-5-4-12(11-16)14(17)10-13/h4-5,10H,3,6-9,17H2,1-2H3. The fourth-order valence-electron chi connectivity index (χ4n) is 2.53. The van der Waals surface area contributed by atoms with Gasteiger partial charge >= 0.3 is 0 Å². The van der Waals surface area contributed by atoms with Crippen molar-refractivity contribution in [1.29, 1.82) is 5.26 Å². The molecule has 3 nitrogen and oxygen atoms in total. The average Bonchev–Trinajstić information content (AvgIpc) is 2.50. The summed E-state index contributed by atoms with van der Waals surface area (Å²) in [5.41, 5.74) is 8.61. The van der Waals surface area contributed by atoms with Crippen LogP contribution in [0, 0.1) is 16.7 Å². The van der Waals surface area contributed by atoms with Gasteiger partial charge in [0.05, 0.1) is 11.3 Å². The van der Waals surface area contributed by atoms with Gasteiger partial charge in [-0.25, -0.2) is 0 Å². The molecule has 1 saturated heterocycles. The fourth-order valence-corrected chi connectivity index (χ4v) is 2.53. The van der Waals surface area contributed by atoms with E-state index in [2.05, 4.69) is 24.8 Å². The number of anilines is 2. The Morgan fingerprint density at radius 3 is 2.72 bits per heavy atom. The van der Waals surface area contributed by atoms with E-state index in [0.717, 1.165) is 18.8 Å². The van der Waals surface area contributed by atoms with Crippen molar-refractivity contribution in [2.24, 2.45) is 5.41 Å². The summed E-state index contributed by atoms with van der Waals surface area (Å²) in [4.78, 5) is 2.38. The maximum absolute atomic E-state index is 8.89. The van der Waals surface area contributed by atoms with Crippen molar-refractivity contribution in [3.05, 3.63) is 23.8 Å². The Morgan fingerprint density at radius 1 is 1.28 bits per heavy atom. The monoisotopic (exact) mass is 243 g/mol. The molecule has 1 aromatic carbocycles. The molecular formula is C15H21N3. The highest BCUT2D eigenvalue weighted by atomic mass is 15.1. The Balaban J connectivity index is 2.17. The molecular weight excluding hydrogens is 222 g/mol. The van der Waals surface area contributed by atoms with Crippen molar-refractivity contribution in [1.82, 2.24) is 0 Å². The van der Waals surface area contributed by atoms with Crippen LogP contribution in [0.1, 0.15) is 38.7 Å². The number of nitriles is 1. The molecule has 0 saturated carbocycles. The molecule has 0 aliphatic carbocycles. The van der Waals surface area contributed by atoms with Crippen molar-refractivity contribution in [2.75, 3.05) is 23.7 Å². The Morgan fingerprint density at radius 2 is 2.06 bits per heavy atom. The Hall–Kier alpha value is -1.69. The summed E-state index contributed by atoms with van der Waals surface area (Å²) in [6.07, 6.45) is 3.69. The van der Waals surface area contributed by atoms with Gasteiger partial charge < -0.3 is 10.6 Å². The molecule has 1 aliphatic rings. The Bertz CT molecular complexity index is 471. The van der Waals surface area contributed by atoms with E-state index in [-0.39, 0.29) is 0 Å². The highest BCUT2D eigenvalue weighted by molar-refractivity contribution is 5.63. The molecule has 2 N–H and O–H groups in total. The normalized spacial score (nSPS) is 19.1. The third kappa shape index (κ3) is 2.76.